The number of nitrogens with one attached hydrogen (secondary N) is 1. The standard InChI is InChI=1S/C24H28F3N3O4S/c1-14(15(2)31)29-34-19-9-8-16(24(25,26)27)11-18(19)21(32)28-22-30(12-17-7-6-10-33-17)13-20(35-22)23(3,4)5/h8-9,11,13,17,29H,1,6-7,10,12H2,2-5H3/t17-/m1/s1. The van der Waals surface area contributed by atoms with Gasteiger partial charge in [-0.2, -0.15) is 18.2 Å². The highest BCUT2D eigenvalue weighted by Crippen LogP contribution is 2.33. The van der Waals surface area contributed by atoms with E-state index >= 15 is 0 Å². The first kappa shape index (κ1) is 26.7. The van der Waals surface area contributed by atoms with Crippen LogP contribution in [-0.4, -0.2) is 29.0 Å². The van der Waals surface area contributed by atoms with E-state index in [2.05, 4.69) is 17.1 Å². The van der Waals surface area contributed by atoms with Crippen molar-refractivity contribution in [2.24, 2.45) is 4.99 Å². The Balaban J connectivity index is 2.04. The maximum absolute atomic E-state index is 13.4. The fourth-order valence-corrected chi connectivity index (χ4v) is 4.31. The van der Waals surface area contributed by atoms with Crippen LogP contribution in [0.5, 0.6) is 5.75 Å². The van der Waals surface area contributed by atoms with Crippen LogP contribution in [0.4, 0.5) is 13.2 Å². The van der Waals surface area contributed by atoms with E-state index in [0.29, 0.717) is 24.0 Å². The molecule has 7 nitrogen and oxygen atoms in total. The number of ether oxygens (including phenoxy) is 1. The topological polar surface area (TPSA) is 81.9 Å². The van der Waals surface area contributed by atoms with E-state index in [9.17, 15) is 22.8 Å². The van der Waals surface area contributed by atoms with Crippen molar-refractivity contribution in [3.63, 3.8) is 0 Å². The third kappa shape index (κ3) is 6.82. The van der Waals surface area contributed by atoms with Crippen LogP contribution < -0.4 is 15.1 Å². The molecule has 1 atom stereocenters. The van der Waals surface area contributed by atoms with Gasteiger partial charge in [0.2, 0.25) is 0 Å². The number of rotatable bonds is 7. The van der Waals surface area contributed by atoms with Gasteiger partial charge in [-0.1, -0.05) is 27.4 Å². The summed E-state index contributed by atoms with van der Waals surface area (Å²) in [6.07, 6.45) is -0.984. The first-order chi connectivity index (χ1) is 16.3. The van der Waals surface area contributed by atoms with Crippen LogP contribution in [0.1, 0.15) is 61.3 Å². The number of hydrogen-bond donors (Lipinski definition) is 1. The van der Waals surface area contributed by atoms with Gasteiger partial charge in [-0.15, -0.1) is 11.3 Å². The summed E-state index contributed by atoms with van der Waals surface area (Å²) in [5, 5.41) is 0. The lowest BCUT2D eigenvalue weighted by Crippen LogP contribution is -2.24. The van der Waals surface area contributed by atoms with E-state index in [1.54, 1.807) is 0 Å². The summed E-state index contributed by atoms with van der Waals surface area (Å²) in [4.78, 5) is 35.3. The summed E-state index contributed by atoms with van der Waals surface area (Å²) in [6.45, 7) is 11.9. The molecule has 35 heavy (non-hydrogen) atoms. The molecule has 1 aromatic heterocycles. The lowest BCUT2D eigenvalue weighted by molar-refractivity contribution is -0.137. The highest BCUT2D eigenvalue weighted by atomic mass is 32.1. The quantitative estimate of drug-likeness (QED) is 0.428. The Kier molecular flexibility index (Phi) is 7.90. The van der Waals surface area contributed by atoms with Crippen molar-refractivity contribution < 1.29 is 32.3 Å². The van der Waals surface area contributed by atoms with Crippen molar-refractivity contribution in [2.75, 3.05) is 6.61 Å². The van der Waals surface area contributed by atoms with Crippen molar-refractivity contribution in [3.8, 4) is 5.75 Å². The number of ketones is 1. The molecule has 1 saturated heterocycles. The number of halogens is 3. The second-order valence-electron chi connectivity index (χ2n) is 9.28. The molecule has 0 aliphatic carbocycles. The summed E-state index contributed by atoms with van der Waals surface area (Å²) in [7, 11) is 0. The molecule has 3 rings (SSSR count). The highest BCUT2D eigenvalue weighted by molar-refractivity contribution is 7.09. The number of nitrogens with zero attached hydrogens (tertiary/aromatic N) is 2. The number of carbonyl (C=O) groups excluding carboxylic acids is 2. The van der Waals surface area contributed by atoms with Crippen molar-refractivity contribution in [1.82, 2.24) is 10.0 Å². The predicted molar refractivity (Wildman–Crippen MR) is 125 cm³/mol. The molecule has 1 amide bonds. The number of amides is 1. The zero-order chi connectivity index (χ0) is 26.0. The number of allylic oxidation sites excluding steroid dienone is 1. The highest BCUT2D eigenvalue weighted by Gasteiger charge is 2.32. The molecular weight excluding hydrogens is 483 g/mol. The fourth-order valence-electron chi connectivity index (χ4n) is 3.25. The van der Waals surface area contributed by atoms with Crippen LogP contribution in [0, 0.1) is 0 Å². The van der Waals surface area contributed by atoms with Gasteiger partial charge < -0.3 is 14.1 Å². The average Bonchev–Trinajstić information content (AvgIpc) is 3.41. The Morgan fingerprint density at radius 1 is 1.31 bits per heavy atom. The second kappa shape index (κ2) is 10.4. The number of hydrogen-bond acceptors (Lipinski definition) is 6. The van der Waals surface area contributed by atoms with Crippen LogP contribution in [0.15, 0.2) is 41.7 Å². The molecular formula is C24H28F3N3O4S. The van der Waals surface area contributed by atoms with Gasteiger partial charge in [0.15, 0.2) is 16.3 Å². The first-order valence-electron chi connectivity index (χ1n) is 11.0. The summed E-state index contributed by atoms with van der Waals surface area (Å²) < 4.78 is 47.6. The van der Waals surface area contributed by atoms with Crippen molar-refractivity contribution >= 4 is 23.0 Å². The molecule has 2 aromatic rings. The van der Waals surface area contributed by atoms with Gasteiger partial charge in [0.05, 0.1) is 23.8 Å². The minimum Gasteiger partial charge on any atom is -0.381 e. The van der Waals surface area contributed by atoms with E-state index < -0.39 is 29.0 Å². The number of hydroxylamine groups is 1. The fraction of sp³-hybridized carbons (Fsp3) is 0.458. The predicted octanol–water partition coefficient (Wildman–Crippen LogP) is 4.77. The van der Waals surface area contributed by atoms with Crippen LogP contribution in [-0.2, 0) is 27.7 Å². The Bertz CT molecular complexity index is 1190. The molecule has 11 heteroatoms. The monoisotopic (exact) mass is 511 g/mol. The molecule has 1 aliphatic rings. The Hall–Kier alpha value is -2.92. The number of alkyl halides is 3. The van der Waals surface area contributed by atoms with Crippen molar-refractivity contribution in [2.45, 2.75) is 64.8 Å². The van der Waals surface area contributed by atoms with Crippen LogP contribution in [0.3, 0.4) is 0 Å². The number of carbonyl (C=O) groups is 2. The zero-order valence-corrected chi connectivity index (χ0v) is 20.8. The van der Waals surface area contributed by atoms with Crippen LogP contribution in [0.25, 0.3) is 0 Å². The maximum Gasteiger partial charge on any atom is 0.416 e. The van der Waals surface area contributed by atoms with Gasteiger partial charge >= 0.3 is 6.18 Å². The smallest absolute Gasteiger partial charge is 0.381 e. The maximum atomic E-state index is 13.4. The lowest BCUT2D eigenvalue weighted by Gasteiger charge is -2.15. The molecule has 0 unspecified atom stereocenters. The number of aromatic nitrogens is 1. The van der Waals surface area contributed by atoms with Crippen molar-refractivity contribution in [3.05, 3.63) is 57.5 Å². The van der Waals surface area contributed by atoms with Crippen molar-refractivity contribution in [1.29, 1.82) is 0 Å². The van der Waals surface area contributed by atoms with Gasteiger partial charge in [0.1, 0.15) is 5.70 Å². The normalized spacial score (nSPS) is 16.9. The summed E-state index contributed by atoms with van der Waals surface area (Å²) in [5.41, 5.74) is 0.488. The van der Waals surface area contributed by atoms with E-state index in [0.717, 1.165) is 29.9 Å². The summed E-state index contributed by atoms with van der Waals surface area (Å²) in [6, 6.07) is 2.47. The molecule has 2 heterocycles. The van der Waals surface area contributed by atoms with E-state index in [-0.39, 0.29) is 23.0 Å². The lowest BCUT2D eigenvalue weighted by atomic mass is 9.95. The van der Waals surface area contributed by atoms with E-state index in [4.69, 9.17) is 9.57 Å². The molecule has 1 aliphatic heterocycles. The Labute approximate surface area is 205 Å². The van der Waals surface area contributed by atoms with Gasteiger partial charge in [-0.25, -0.2) is 5.48 Å². The van der Waals surface area contributed by atoms with Crippen LogP contribution >= 0.6 is 11.3 Å². The molecule has 1 aromatic carbocycles. The van der Waals surface area contributed by atoms with Gasteiger partial charge in [-0.3, -0.25) is 9.59 Å². The third-order valence-corrected chi connectivity index (χ3v) is 6.77. The van der Waals surface area contributed by atoms with E-state index in [1.165, 1.54) is 18.3 Å². The zero-order valence-electron chi connectivity index (χ0n) is 20.0. The molecule has 0 bridgehead atoms. The second-order valence-corrected chi connectivity index (χ2v) is 10.3. The molecule has 190 valence electrons. The van der Waals surface area contributed by atoms with E-state index in [1.807, 2.05) is 31.5 Å². The summed E-state index contributed by atoms with van der Waals surface area (Å²) >= 11 is 1.29. The number of thiazole rings is 1. The molecule has 0 saturated carbocycles. The number of Topliss-reactive ketones (excluding diaryl/α,β-unsaturated/α-hetero) is 1. The SMILES string of the molecule is C=C(NOc1ccc(C(F)(F)F)cc1C(=O)N=c1sc(C(C)(C)C)cn1C[C@H]1CCCO1)C(C)=O. The van der Waals surface area contributed by atoms with Crippen LogP contribution in [0.2, 0.25) is 0 Å². The minimum absolute atomic E-state index is 0.0271. The molecule has 1 N–H and O–H groups in total. The average molecular weight is 512 g/mol. The van der Waals surface area contributed by atoms with Gasteiger partial charge in [0.25, 0.3) is 5.91 Å². The van der Waals surface area contributed by atoms with Gasteiger partial charge in [-0.05, 0) is 36.5 Å². The minimum atomic E-state index is -4.67. The summed E-state index contributed by atoms with van der Waals surface area (Å²) in [5.74, 6) is -1.56. The molecule has 0 spiro atoms. The number of benzene rings is 1. The molecule has 0 radical (unpaired) electrons. The third-order valence-electron chi connectivity index (χ3n) is 5.33. The Morgan fingerprint density at radius 3 is 2.60 bits per heavy atom. The molecule has 1 fully saturated rings. The van der Waals surface area contributed by atoms with Gasteiger partial charge in [0, 0.05) is 24.6 Å². The largest absolute Gasteiger partial charge is 0.416 e. The first-order valence-corrected chi connectivity index (χ1v) is 11.8. The Morgan fingerprint density at radius 2 is 2.03 bits per heavy atom.